The van der Waals surface area contributed by atoms with Gasteiger partial charge in [-0.2, -0.15) is 4.39 Å². The minimum absolute atomic E-state index is 0.0662. The number of sulfonamides is 3. The summed E-state index contributed by atoms with van der Waals surface area (Å²) in [4.78, 5) is 52.2. The van der Waals surface area contributed by atoms with Gasteiger partial charge in [-0.3, -0.25) is 14.2 Å². The fourth-order valence-corrected chi connectivity index (χ4v) is 18.3. The summed E-state index contributed by atoms with van der Waals surface area (Å²) in [5.74, 6) is -9.95. The third kappa shape index (κ3) is 17.9. The number of nitrogens with one attached hydrogen (secondary N) is 6. The second-order valence-electron chi connectivity index (χ2n) is 25.2. The molecule has 0 atom stereocenters. The number of anilines is 6. The third-order valence-electron chi connectivity index (χ3n) is 17.2. The minimum Gasteiger partial charge on any atom is -0.357 e. The van der Waals surface area contributed by atoms with Gasteiger partial charge in [0.25, 0.3) is 30.1 Å². The summed E-state index contributed by atoms with van der Waals surface area (Å²) in [7, 11) is -9.68. The molecular formula is C78H56F11N19O6S6. The lowest BCUT2D eigenvalue weighted by atomic mass is 10.1. The Balaban J connectivity index is 0.000000156. The van der Waals surface area contributed by atoms with Gasteiger partial charge in [-0.05, 0) is 129 Å². The predicted molar refractivity (Wildman–Crippen MR) is 432 cm³/mol. The van der Waals surface area contributed by atoms with E-state index in [2.05, 4.69) is 80.7 Å². The van der Waals surface area contributed by atoms with Crippen molar-refractivity contribution in [2.75, 3.05) is 51.3 Å². The summed E-state index contributed by atoms with van der Waals surface area (Å²) in [5, 5.41) is 9.58. The van der Waals surface area contributed by atoms with Gasteiger partial charge in [-0.1, -0.05) is 48.5 Å². The van der Waals surface area contributed by atoms with Crippen molar-refractivity contribution in [1.82, 2.24) is 64.8 Å². The molecule has 0 aliphatic heterocycles. The quantitative estimate of drug-likeness (QED) is 0.0287. The number of rotatable bonds is 21. The molecule has 6 N–H and O–H groups in total. The zero-order valence-corrected chi connectivity index (χ0v) is 67.5. The molecule has 42 heteroatoms. The van der Waals surface area contributed by atoms with Gasteiger partial charge in [0.2, 0.25) is 17.8 Å². The van der Waals surface area contributed by atoms with Crippen molar-refractivity contribution < 1.29 is 73.5 Å². The standard InChI is InChI=1S/C27H19F4N5O2S2.C26H20F3N7O2S2.C25H17F4N7O2S2/c1-14-9-10-18(29)25(21(14)30)40(37,38)36-19-8-4-7-17(22(19)31)23-24(20-11-12-33-27(32-2)34-20)39-26(35-23)15-5-3-6-16(28)13-15;1-13-7-8-17(27)24(20(13)28)40(37,38)36-18-6-4-5-16(21(18)29)22-23(19-9-10-31-26(30-3)34-19)39-25(35-22)15-11-32-14(2)33-12-15;1-12-6-7-15(26)22(18(12)27)40(37,38)36-16-5-3-4-14(19(16)28)20-21(17-8-9-31-25(30-2)34-17)39-23(35-20)13-10-32-24(29)33-11-13/h3-13,36H,1-2H3,(H,32,33,34);4-12,36H,1-3H3,(H,30,31,34);3-11,36H,1-2H3,(H,30,31,34). The van der Waals surface area contributed by atoms with E-state index in [1.54, 1.807) is 64.7 Å². The lowest BCUT2D eigenvalue weighted by Gasteiger charge is -2.13. The molecule has 0 aliphatic rings. The van der Waals surface area contributed by atoms with E-state index in [-0.39, 0.29) is 62.4 Å². The highest BCUT2D eigenvalue weighted by Crippen LogP contribution is 2.46. The van der Waals surface area contributed by atoms with Crippen LogP contribution >= 0.6 is 34.0 Å². The van der Waals surface area contributed by atoms with Crippen molar-refractivity contribution in [3.8, 4) is 97.2 Å². The van der Waals surface area contributed by atoms with Crippen molar-refractivity contribution in [1.29, 1.82) is 0 Å². The van der Waals surface area contributed by atoms with Crippen LogP contribution in [-0.4, -0.2) is 111 Å². The Kier molecular flexibility index (Phi) is 24.8. The van der Waals surface area contributed by atoms with Gasteiger partial charge in [0, 0.05) is 97.9 Å². The molecule has 0 spiro atoms. The molecule has 8 heterocycles. The van der Waals surface area contributed by atoms with Crippen LogP contribution in [-0.2, 0) is 30.1 Å². The van der Waals surface area contributed by atoms with E-state index >= 15 is 13.2 Å². The molecule has 0 bridgehead atoms. The highest BCUT2D eigenvalue weighted by atomic mass is 32.2. The Morgan fingerprint density at radius 2 is 0.633 bits per heavy atom. The number of hydrogen-bond donors (Lipinski definition) is 6. The molecule has 25 nitrogen and oxygen atoms in total. The Bertz CT molecular complexity index is 6570. The molecule has 15 aromatic rings. The van der Waals surface area contributed by atoms with Crippen LogP contribution in [0.15, 0.2) is 192 Å². The average Bonchev–Trinajstić information content (AvgIpc) is 1.45. The van der Waals surface area contributed by atoms with Gasteiger partial charge in [-0.25, -0.2) is 134 Å². The highest BCUT2D eigenvalue weighted by molar-refractivity contribution is 7.93. The number of aryl methyl sites for hydroxylation is 4. The van der Waals surface area contributed by atoms with Gasteiger partial charge in [0.05, 0.1) is 65.9 Å². The molecule has 15 rings (SSSR count). The van der Waals surface area contributed by atoms with Crippen LogP contribution in [0.4, 0.5) is 83.2 Å². The second kappa shape index (κ2) is 35.1. The van der Waals surface area contributed by atoms with Gasteiger partial charge >= 0.3 is 6.08 Å². The summed E-state index contributed by atoms with van der Waals surface area (Å²) in [6, 6.07) is 27.8. The second-order valence-corrected chi connectivity index (χ2v) is 33.1. The van der Waals surface area contributed by atoms with E-state index in [1.807, 2.05) is 14.2 Å². The van der Waals surface area contributed by atoms with Crippen molar-refractivity contribution in [2.45, 2.75) is 42.4 Å². The number of hydrogen-bond acceptors (Lipinski definition) is 25. The minimum atomic E-state index is -4.87. The zero-order valence-electron chi connectivity index (χ0n) is 62.6. The smallest absolute Gasteiger partial charge is 0.308 e. The Labute approximate surface area is 687 Å². The molecule has 0 saturated carbocycles. The summed E-state index contributed by atoms with van der Waals surface area (Å²) in [6.45, 7) is 5.58. The van der Waals surface area contributed by atoms with Gasteiger partial charge in [0.1, 0.15) is 61.6 Å². The molecule has 0 fully saturated rings. The first-order chi connectivity index (χ1) is 57.3. The maximum atomic E-state index is 16.0. The molecule has 8 aromatic heterocycles. The van der Waals surface area contributed by atoms with Crippen molar-refractivity contribution in [3.05, 3.63) is 264 Å². The molecule has 0 aliphatic carbocycles. The first kappa shape index (κ1) is 84.6. The molecule has 0 amide bonds. The van der Waals surface area contributed by atoms with Crippen molar-refractivity contribution >= 4 is 99.0 Å². The van der Waals surface area contributed by atoms with Crippen molar-refractivity contribution in [2.24, 2.45) is 0 Å². The monoisotopic (exact) mass is 1760 g/mol. The van der Waals surface area contributed by atoms with E-state index < -0.39 is 126 Å². The Hall–Kier alpha value is -13.3. The van der Waals surface area contributed by atoms with Gasteiger partial charge in [-0.15, -0.1) is 34.0 Å². The van der Waals surface area contributed by atoms with Gasteiger partial charge < -0.3 is 16.0 Å². The molecule has 120 heavy (non-hydrogen) atoms. The van der Waals surface area contributed by atoms with E-state index in [0.717, 1.165) is 77.3 Å². The molecule has 0 saturated heterocycles. The predicted octanol–water partition coefficient (Wildman–Crippen LogP) is 17.7. The van der Waals surface area contributed by atoms with Crippen LogP contribution in [0.25, 0.3) is 97.2 Å². The zero-order chi connectivity index (χ0) is 85.8. The van der Waals surface area contributed by atoms with Crippen LogP contribution in [0.5, 0.6) is 0 Å². The van der Waals surface area contributed by atoms with Crippen LogP contribution in [0.2, 0.25) is 0 Å². The summed E-state index contributed by atoms with van der Waals surface area (Å²) in [5.41, 5.74) is 0.577. The maximum Gasteiger partial charge on any atom is 0.308 e. The number of benzene rings is 7. The van der Waals surface area contributed by atoms with Gasteiger partial charge in [0.15, 0.2) is 32.1 Å². The Morgan fingerprint density at radius 1 is 0.325 bits per heavy atom. The fraction of sp³-hybridized carbons (Fsp3) is 0.0897. The van der Waals surface area contributed by atoms with E-state index in [4.69, 9.17) is 0 Å². The lowest BCUT2D eigenvalue weighted by Crippen LogP contribution is -2.18. The summed E-state index contributed by atoms with van der Waals surface area (Å²) >= 11 is 3.40. The van der Waals surface area contributed by atoms with Crippen LogP contribution in [0.1, 0.15) is 22.5 Å². The van der Waals surface area contributed by atoms with E-state index in [9.17, 15) is 60.4 Å². The third-order valence-corrected chi connectivity index (χ3v) is 24.8. The van der Waals surface area contributed by atoms with E-state index in [1.165, 1.54) is 118 Å². The molecule has 612 valence electrons. The summed E-state index contributed by atoms with van der Waals surface area (Å²) < 4.78 is 246. The molecule has 7 aromatic carbocycles. The number of halogens is 11. The average molecular weight is 1760 g/mol. The molecule has 0 unspecified atom stereocenters. The Morgan fingerprint density at radius 3 is 0.950 bits per heavy atom. The van der Waals surface area contributed by atoms with Crippen LogP contribution in [0, 0.1) is 91.9 Å². The fourth-order valence-electron chi connectivity index (χ4n) is 11.4. The SMILES string of the molecule is CNc1nccc(-c2sc(-c3cccc(F)c3)nc2-c2cccc(NS(=O)(=O)c3c(F)ccc(C)c3F)c2F)n1.CNc1nccc(-c2sc(-c3cnc(C)nc3)nc2-c2cccc(NS(=O)(=O)c3c(F)ccc(C)c3F)c2F)n1.CNc1nccc(-c2sc(-c3cnc(F)nc3)nc2-c2cccc(NS(=O)(=O)c3c(F)ccc(C)c3F)c2F)n1. The highest BCUT2D eigenvalue weighted by Gasteiger charge is 2.33. The first-order valence-electron chi connectivity index (χ1n) is 34.6. The number of nitrogens with zero attached hydrogens (tertiary/aromatic N) is 13. The number of thiazole rings is 3. The van der Waals surface area contributed by atoms with Crippen LogP contribution < -0.4 is 30.1 Å². The van der Waals surface area contributed by atoms with Crippen LogP contribution in [0.3, 0.4) is 0 Å². The first-order valence-corrected chi connectivity index (χ1v) is 41.5. The number of aromatic nitrogens is 13. The topological polar surface area (TPSA) is 342 Å². The van der Waals surface area contributed by atoms with E-state index in [0.29, 0.717) is 75.2 Å². The maximum absolute atomic E-state index is 16.0. The molecule has 0 radical (unpaired) electrons. The summed E-state index contributed by atoms with van der Waals surface area (Å²) in [6.07, 6.45) is 9.13. The lowest BCUT2D eigenvalue weighted by molar-refractivity contribution is 0.514. The normalized spacial score (nSPS) is 11.4. The largest absolute Gasteiger partial charge is 0.357 e. The van der Waals surface area contributed by atoms with Crippen molar-refractivity contribution in [3.63, 3.8) is 0 Å². The molecular weight excluding hydrogens is 1700 g/mol.